The molecule has 0 aromatic rings. The van der Waals surface area contributed by atoms with Gasteiger partial charge in [0.25, 0.3) is 0 Å². The highest BCUT2D eigenvalue weighted by molar-refractivity contribution is 5.04. The average Bonchev–Trinajstić information content (AvgIpc) is 2.18. The van der Waals surface area contributed by atoms with Crippen molar-refractivity contribution in [3.63, 3.8) is 0 Å². The van der Waals surface area contributed by atoms with Gasteiger partial charge in [0.2, 0.25) is 0 Å². The lowest BCUT2D eigenvalue weighted by Crippen LogP contribution is -2.34. The predicted octanol–water partition coefficient (Wildman–Crippen LogP) is 1.49. The van der Waals surface area contributed by atoms with E-state index in [-0.39, 0.29) is 0 Å². The Morgan fingerprint density at radius 3 is 2.54 bits per heavy atom. The lowest BCUT2D eigenvalue weighted by Gasteiger charge is -2.32. The van der Waals surface area contributed by atoms with E-state index in [1.165, 1.54) is 38.0 Å². The summed E-state index contributed by atoms with van der Waals surface area (Å²) in [4.78, 5) is 2.52. The lowest BCUT2D eigenvalue weighted by atomic mass is 9.90. The van der Waals surface area contributed by atoms with Crippen molar-refractivity contribution in [3.05, 3.63) is 12.2 Å². The summed E-state index contributed by atoms with van der Waals surface area (Å²) in [6.45, 7) is 11.1. The van der Waals surface area contributed by atoms with E-state index in [4.69, 9.17) is 0 Å². The monoisotopic (exact) mass is 182 g/mol. The Bertz CT molecular complexity index is 157. The van der Waals surface area contributed by atoms with Crippen LogP contribution in [0.25, 0.3) is 0 Å². The zero-order valence-corrected chi connectivity index (χ0v) is 8.97. The maximum atomic E-state index is 4.14. The summed E-state index contributed by atoms with van der Waals surface area (Å²) in [5, 5.41) is 3.18. The van der Waals surface area contributed by atoms with Crippen LogP contribution in [-0.4, -0.2) is 38.1 Å². The summed E-state index contributed by atoms with van der Waals surface area (Å²) in [5.74, 6) is 0.759. The van der Waals surface area contributed by atoms with Crippen LogP contribution in [0.3, 0.4) is 0 Å². The third-order valence-corrected chi connectivity index (χ3v) is 3.02. The lowest BCUT2D eigenvalue weighted by molar-refractivity contribution is 0.207. The van der Waals surface area contributed by atoms with Crippen molar-refractivity contribution in [1.82, 2.24) is 10.2 Å². The molecule has 0 bridgehead atoms. The molecule has 1 N–H and O–H groups in total. The molecule has 0 aromatic carbocycles. The number of likely N-dealkylation sites (tertiary alicyclic amines) is 1. The van der Waals surface area contributed by atoms with Gasteiger partial charge in [0, 0.05) is 6.54 Å². The largest absolute Gasteiger partial charge is 0.316 e. The van der Waals surface area contributed by atoms with E-state index in [0.717, 1.165) is 12.5 Å². The van der Waals surface area contributed by atoms with Gasteiger partial charge in [-0.1, -0.05) is 19.1 Å². The molecule has 1 saturated heterocycles. The summed E-state index contributed by atoms with van der Waals surface area (Å²) in [6.07, 6.45) is 2.60. The first kappa shape index (κ1) is 10.7. The summed E-state index contributed by atoms with van der Waals surface area (Å²) in [7, 11) is 1.99. The quantitative estimate of drug-likeness (QED) is 0.663. The molecule has 0 aromatic heterocycles. The first-order valence-corrected chi connectivity index (χ1v) is 5.32. The Kier molecular flexibility index (Phi) is 4.46. The van der Waals surface area contributed by atoms with Crippen LogP contribution in [-0.2, 0) is 0 Å². The van der Waals surface area contributed by atoms with Gasteiger partial charge in [0.1, 0.15) is 0 Å². The van der Waals surface area contributed by atoms with E-state index in [2.05, 4.69) is 23.7 Å². The molecule has 1 fully saturated rings. The van der Waals surface area contributed by atoms with Crippen molar-refractivity contribution in [2.45, 2.75) is 19.8 Å². The minimum atomic E-state index is 0.759. The molecule has 2 nitrogen and oxygen atoms in total. The molecule has 2 heteroatoms. The third kappa shape index (κ3) is 3.12. The highest BCUT2D eigenvalue weighted by Crippen LogP contribution is 2.22. The molecule has 0 unspecified atom stereocenters. The summed E-state index contributed by atoms with van der Waals surface area (Å²) < 4.78 is 0. The highest BCUT2D eigenvalue weighted by atomic mass is 15.1. The van der Waals surface area contributed by atoms with Crippen LogP contribution >= 0.6 is 0 Å². The zero-order chi connectivity index (χ0) is 9.68. The van der Waals surface area contributed by atoms with Crippen LogP contribution in [0.5, 0.6) is 0 Å². The Morgan fingerprint density at radius 2 is 2.08 bits per heavy atom. The van der Waals surface area contributed by atoms with Gasteiger partial charge in [-0.15, -0.1) is 0 Å². The number of likely N-dealkylation sites (N-methyl/N-ethyl adjacent to an activating group) is 1. The number of hydrogen-bond donors (Lipinski definition) is 1. The third-order valence-electron chi connectivity index (χ3n) is 3.02. The van der Waals surface area contributed by atoms with Gasteiger partial charge in [-0.25, -0.2) is 0 Å². The first-order valence-electron chi connectivity index (χ1n) is 5.32. The van der Waals surface area contributed by atoms with Crippen molar-refractivity contribution in [1.29, 1.82) is 0 Å². The Morgan fingerprint density at radius 1 is 1.46 bits per heavy atom. The number of piperidine rings is 1. The van der Waals surface area contributed by atoms with Gasteiger partial charge in [0.05, 0.1) is 0 Å². The molecule has 0 atom stereocenters. The molecule has 0 radical (unpaired) electrons. The molecular weight excluding hydrogens is 160 g/mol. The van der Waals surface area contributed by atoms with Gasteiger partial charge >= 0.3 is 0 Å². The summed E-state index contributed by atoms with van der Waals surface area (Å²) >= 11 is 0. The first-order chi connectivity index (χ1) is 6.27. The van der Waals surface area contributed by atoms with Crippen LogP contribution in [0.15, 0.2) is 12.2 Å². The van der Waals surface area contributed by atoms with Crippen molar-refractivity contribution < 1.29 is 0 Å². The van der Waals surface area contributed by atoms with Gasteiger partial charge in [-0.2, -0.15) is 0 Å². The molecule has 0 amide bonds. The van der Waals surface area contributed by atoms with Crippen LogP contribution < -0.4 is 5.32 Å². The van der Waals surface area contributed by atoms with Crippen molar-refractivity contribution in [2.75, 3.05) is 33.2 Å². The van der Waals surface area contributed by atoms with Gasteiger partial charge in [-0.05, 0) is 45.4 Å². The van der Waals surface area contributed by atoms with E-state index in [0.29, 0.717) is 0 Å². The van der Waals surface area contributed by atoms with Crippen LogP contribution in [0.2, 0.25) is 0 Å². The number of nitrogens with zero attached hydrogens (tertiary/aromatic N) is 1. The normalized spacial score (nSPS) is 20.5. The van der Waals surface area contributed by atoms with Crippen LogP contribution in [0.1, 0.15) is 19.8 Å². The van der Waals surface area contributed by atoms with Gasteiger partial charge in [0.15, 0.2) is 0 Å². The Labute approximate surface area is 82.0 Å². The smallest absolute Gasteiger partial charge is 0.0161 e. The maximum Gasteiger partial charge on any atom is 0.0161 e. The fourth-order valence-electron chi connectivity index (χ4n) is 2.03. The Hall–Kier alpha value is -0.340. The molecule has 1 aliphatic rings. The molecule has 76 valence electrons. The van der Waals surface area contributed by atoms with Gasteiger partial charge < -0.3 is 10.2 Å². The standard InChI is InChI=1S/C11H22N2/c1-4-13-7-5-11(6-8-13)10(2)9-12-3/h11-12H,2,4-9H2,1,3H3. The minimum Gasteiger partial charge on any atom is -0.316 e. The zero-order valence-electron chi connectivity index (χ0n) is 8.97. The maximum absolute atomic E-state index is 4.14. The topological polar surface area (TPSA) is 15.3 Å². The average molecular weight is 182 g/mol. The Balaban J connectivity index is 2.28. The van der Waals surface area contributed by atoms with E-state index < -0.39 is 0 Å². The van der Waals surface area contributed by atoms with Crippen molar-refractivity contribution in [2.24, 2.45) is 5.92 Å². The second-order valence-electron chi connectivity index (χ2n) is 3.90. The molecule has 0 aliphatic carbocycles. The summed E-state index contributed by atoms with van der Waals surface area (Å²) in [5.41, 5.74) is 1.39. The fraction of sp³-hybridized carbons (Fsp3) is 0.818. The molecule has 0 spiro atoms. The van der Waals surface area contributed by atoms with Crippen molar-refractivity contribution in [3.8, 4) is 0 Å². The molecule has 1 heterocycles. The number of rotatable bonds is 4. The number of nitrogens with one attached hydrogen (secondary N) is 1. The van der Waals surface area contributed by atoms with Crippen molar-refractivity contribution >= 4 is 0 Å². The van der Waals surface area contributed by atoms with Gasteiger partial charge in [-0.3, -0.25) is 0 Å². The second-order valence-corrected chi connectivity index (χ2v) is 3.90. The van der Waals surface area contributed by atoms with E-state index >= 15 is 0 Å². The molecule has 13 heavy (non-hydrogen) atoms. The highest BCUT2D eigenvalue weighted by Gasteiger charge is 2.19. The number of hydrogen-bond acceptors (Lipinski definition) is 2. The van der Waals surface area contributed by atoms with E-state index in [1.807, 2.05) is 7.05 Å². The SMILES string of the molecule is C=C(CNC)C1CCN(CC)CC1. The van der Waals surface area contributed by atoms with Crippen LogP contribution in [0.4, 0.5) is 0 Å². The summed E-state index contributed by atoms with van der Waals surface area (Å²) in [6, 6.07) is 0. The molecule has 1 aliphatic heterocycles. The van der Waals surface area contributed by atoms with E-state index in [1.54, 1.807) is 0 Å². The fourth-order valence-corrected chi connectivity index (χ4v) is 2.03. The molecule has 1 rings (SSSR count). The molecule has 0 saturated carbocycles. The van der Waals surface area contributed by atoms with E-state index in [9.17, 15) is 0 Å². The molecular formula is C11H22N2. The van der Waals surface area contributed by atoms with Crippen LogP contribution in [0, 0.1) is 5.92 Å². The minimum absolute atomic E-state index is 0.759. The predicted molar refractivity (Wildman–Crippen MR) is 57.9 cm³/mol. The second kappa shape index (κ2) is 5.40.